The summed E-state index contributed by atoms with van der Waals surface area (Å²) in [4.78, 5) is 0. The summed E-state index contributed by atoms with van der Waals surface area (Å²) in [6.45, 7) is 0. The minimum Gasteiger partial charge on any atom is -0.750 e. The summed E-state index contributed by atoms with van der Waals surface area (Å²) >= 11 is -2.86. The zero-order chi connectivity index (χ0) is 8.08. The van der Waals surface area contributed by atoms with Crippen LogP contribution in [0.1, 0.15) is 0 Å². The largest absolute Gasteiger partial charge is 0.750 e. The summed E-state index contributed by atoms with van der Waals surface area (Å²) in [5.74, 6) is 0. The van der Waals surface area contributed by atoms with E-state index in [1.807, 2.05) is 0 Å². The molecule has 1 atom stereocenters. The van der Waals surface area contributed by atoms with Crippen LogP contribution < -0.4 is 0 Å². The van der Waals surface area contributed by atoms with Gasteiger partial charge in [0.25, 0.3) is 0 Å². The maximum absolute atomic E-state index is 9.16. The molecule has 0 aromatic rings. The van der Waals surface area contributed by atoms with E-state index >= 15 is 0 Å². The lowest BCUT2D eigenvalue weighted by atomic mass is 15.8. The first-order valence-corrected chi connectivity index (χ1v) is 5.33. The molecule has 0 aliphatic rings. The van der Waals surface area contributed by atoms with Gasteiger partial charge in [0.2, 0.25) is 0 Å². The Bertz CT molecular complexity index is 155. The second kappa shape index (κ2) is 5.39. The Morgan fingerprint density at radius 1 is 1.44 bits per heavy atom. The standard InChI is InChI=1S/Cl2O2S.H2O3S/c1-5(2,3)4;1-4(2)3/h;(H2,1,2,3)/p-1. The van der Waals surface area contributed by atoms with Crippen LogP contribution in [0.2, 0.25) is 0 Å². The second-order valence-electron chi connectivity index (χ2n) is 0.595. The van der Waals surface area contributed by atoms with Crippen molar-refractivity contribution in [1.29, 1.82) is 0 Å². The van der Waals surface area contributed by atoms with Crippen molar-refractivity contribution in [3.05, 3.63) is 0 Å². The maximum atomic E-state index is 9.16. The van der Waals surface area contributed by atoms with Crippen molar-refractivity contribution >= 4 is 41.0 Å². The number of hydrogen-bond donors (Lipinski definition) is 1. The highest BCUT2D eigenvalue weighted by Crippen LogP contribution is 1.98. The van der Waals surface area contributed by atoms with Gasteiger partial charge in [-0.2, -0.15) is 8.42 Å². The molecule has 0 aromatic heterocycles. The molecular formula is HCl2O5S2-. The van der Waals surface area contributed by atoms with E-state index in [1.165, 1.54) is 0 Å². The summed E-state index contributed by atoms with van der Waals surface area (Å²) in [6, 6.07) is 0. The molecule has 0 amide bonds. The molecular weight excluding hydrogens is 215 g/mol. The van der Waals surface area contributed by atoms with Crippen LogP contribution in [-0.4, -0.2) is 21.7 Å². The molecule has 9 heteroatoms. The van der Waals surface area contributed by atoms with Gasteiger partial charge >= 0.3 is 8.26 Å². The van der Waals surface area contributed by atoms with E-state index in [4.69, 9.17) is 21.7 Å². The Kier molecular flexibility index (Phi) is 7.36. The van der Waals surface area contributed by atoms with Crippen LogP contribution in [0.25, 0.3) is 0 Å². The van der Waals surface area contributed by atoms with Crippen LogP contribution in [0.5, 0.6) is 0 Å². The molecule has 0 spiro atoms. The average Bonchev–Trinajstić information content (AvgIpc) is 1.19. The lowest BCUT2D eigenvalue weighted by Gasteiger charge is -1.83. The van der Waals surface area contributed by atoms with Gasteiger partial charge in [-0.3, -0.25) is 0 Å². The van der Waals surface area contributed by atoms with E-state index < -0.39 is 19.6 Å². The first-order chi connectivity index (χ1) is 3.73. The Morgan fingerprint density at radius 2 is 1.44 bits per heavy atom. The zero-order valence-electron chi connectivity index (χ0n) is 3.65. The Morgan fingerprint density at radius 3 is 1.44 bits per heavy atom. The molecule has 9 heavy (non-hydrogen) atoms. The van der Waals surface area contributed by atoms with Gasteiger partial charge < -0.3 is 9.11 Å². The van der Waals surface area contributed by atoms with Gasteiger partial charge in [0.05, 0.1) is 11.4 Å². The van der Waals surface area contributed by atoms with Gasteiger partial charge in [0.1, 0.15) is 0 Å². The normalized spacial score (nSPS) is 13.3. The van der Waals surface area contributed by atoms with Crippen molar-refractivity contribution in [3.63, 3.8) is 0 Å². The highest BCUT2D eigenvalue weighted by Gasteiger charge is 1.88. The van der Waals surface area contributed by atoms with Gasteiger partial charge in [-0.15, -0.1) is 0 Å². The summed E-state index contributed by atoms with van der Waals surface area (Å²) in [7, 11) is 4.81. The lowest BCUT2D eigenvalue weighted by Crippen LogP contribution is -1.75. The number of rotatable bonds is 0. The molecule has 0 fully saturated rings. The Labute approximate surface area is 63.0 Å². The Hall–Kier alpha value is 0.600. The van der Waals surface area contributed by atoms with Crippen LogP contribution in [-0.2, 0) is 19.6 Å². The highest BCUT2D eigenvalue weighted by molar-refractivity contribution is 8.31. The molecule has 1 unspecified atom stereocenters. The monoisotopic (exact) mass is 215 g/mol. The smallest absolute Gasteiger partial charge is 0.317 e. The third-order valence-corrected chi connectivity index (χ3v) is 0. The second-order valence-corrected chi connectivity index (χ2v) is 4.70. The predicted molar refractivity (Wildman–Crippen MR) is 32.2 cm³/mol. The van der Waals surface area contributed by atoms with Gasteiger partial charge in [0.15, 0.2) is 0 Å². The van der Waals surface area contributed by atoms with Crippen LogP contribution in [0.4, 0.5) is 0 Å². The summed E-state index contributed by atoms with van der Waals surface area (Å²) in [5, 5.41) is 0. The van der Waals surface area contributed by atoms with E-state index in [0.29, 0.717) is 0 Å². The first kappa shape index (κ1) is 12.3. The van der Waals surface area contributed by atoms with E-state index in [1.54, 1.807) is 0 Å². The highest BCUT2D eigenvalue weighted by atomic mass is 36.0. The van der Waals surface area contributed by atoms with Gasteiger partial charge in [-0.25, -0.2) is 4.21 Å². The zero-order valence-corrected chi connectivity index (χ0v) is 6.80. The van der Waals surface area contributed by atoms with E-state index in [2.05, 4.69) is 21.4 Å². The molecule has 0 aliphatic heterocycles. The van der Waals surface area contributed by atoms with E-state index in [-0.39, 0.29) is 0 Å². The summed E-state index contributed by atoms with van der Waals surface area (Å²) in [5.41, 5.74) is 0. The van der Waals surface area contributed by atoms with Crippen molar-refractivity contribution in [2.75, 3.05) is 0 Å². The molecule has 58 valence electrons. The third kappa shape index (κ3) is 1040. The fraction of sp³-hybridized carbons (Fsp3) is 0. The maximum Gasteiger partial charge on any atom is 0.317 e. The molecule has 0 saturated heterocycles. The molecule has 0 heterocycles. The van der Waals surface area contributed by atoms with Gasteiger partial charge in [-0.1, -0.05) is 0 Å². The number of halogens is 2. The SMILES string of the molecule is O=S(=O)(Cl)Cl.O=S([O-])O. The molecule has 0 radical (unpaired) electrons. The van der Waals surface area contributed by atoms with E-state index in [9.17, 15) is 0 Å². The molecule has 0 rings (SSSR count). The summed E-state index contributed by atoms with van der Waals surface area (Å²) in [6.07, 6.45) is 0. The van der Waals surface area contributed by atoms with Crippen LogP contribution in [0.3, 0.4) is 0 Å². The summed E-state index contributed by atoms with van der Waals surface area (Å²) < 4.78 is 42.4. The molecule has 0 bridgehead atoms. The minimum absolute atomic E-state index is 2.86. The molecule has 0 aromatic carbocycles. The molecule has 0 aliphatic carbocycles. The predicted octanol–water partition coefficient (Wildman–Crippen LogP) is 0.0473. The van der Waals surface area contributed by atoms with Crippen molar-refractivity contribution < 1.29 is 21.7 Å². The van der Waals surface area contributed by atoms with Crippen LogP contribution in [0.15, 0.2) is 0 Å². The fourth-order valence-corrected chi connectivity index (χ4v) is 0. The van der Waals surface area contributed by atoms with Crippen molar-refractivity contribution in [1.82, 2.24) is 0 Å². The molecule has 0 saturated carbocycles. The van der Waals surface area contributed by atoms with E-state index in [0.717, 1.165) is 0 Å². The minimum atomic E-state index is -3.72. The quantitative estimate of drug-likeness (QED) is 0.455. The lowest BCUT2D eigenvalue weighted by molar-refractivity contribution is 0.436. The van der Waals surface area contributed by atoms with Crippen LogP contribution in [0, 0.1) is 0 Å². The van der Waals surface area contributed by atoms with Crippen LogP contribution >= 0.6 is 21.4 Å². The van der Waals surface area contributed by atoms with Crippen molar-refractivity contribution in [3.8, 4) is 0 Å². The first-order valence-electron chi connectivity index (χ1n) is 1.16. The molecule has 1 N–H and O–H groups in total. The third-order valence-electron chi connectivity index (χ3n) is 0. The van der Waals surface area contributed by atoms with Gasteiger partial charge in [0, 0.05) is 21.4 Å². The Balaban J connectivity index is 0. The number of hydrogen-bond acceptors (Lipinski definition) is 4. The molecule has 5 nitrogen and oxygen atoms in total. The topological polar surface area (TPSA) is 94.5 Å². The van der Waals surface area contributed by atoms with Crippen molar-refractivity contribution in [2.24, 2.45) is 0 Å². The fourth-order valence-electron chi connectivity index (χ4n) is 0. The average molecular weight is 216 g/mol. The van der Waals surface area contributed by atoms with Crippen molar-refractivity contribution in [2.45, 2.75) is 0 Å². The van der Waals surface area contributed by atoms with Gasteiger partial charge in [-0.05, 0) is 0 Å².